The smallest absolute Gasteiger partial charge is 0.246 e. The molecule has 7 nitrogen and oxygen atoms in total. The molecule has 7 heteroatoms. The van der Waals surface area contributed by atoms with Crippen molar-refractivity contribution in [1.82, 2.24) is 10.6 Å². The van der Waals surface area contributed by atoms with Crippen molar-refractivity contribution in [3.63, 3.8) is 0 Å². The van der Waals surface area contributed by atoms with Crippen molar-refractivity contribution >= 4 is 18.1 Å². The Morgan fingerprint density at radius 2 is 1.87 bits per heavy atom. The molecule has 1 atom stereocenters. The third-order valence-corrected chi connectivity index (χ3v) is 3.05. The molecule has 0 spiro atoms. The van der Waals surface area contributed by atoms with Crippen LogP contribution in [0.25, 0.3) is 0 Å². The number of hydrogen-bond donors (Lipinski definition) is 2. The summed E-state index contributed by atoms with van der Waals surface area (Å²) in [6, 6.07) is 0. The number of aldehydes is 1. The van der Waals surface area contributed by atoms with Gasteiger partial charge in [-0.05, 0) is 5.92 Å². The topological polar surface area (TPSA) is 93.7 Å². The van der Waals surface area contributed by atoms with E-state index in [-0.39, 0.29) is 36.4 Å². The summed E-state index contributed by atoms with van der Waals surface area (Å²) in [5, 5.41) is 5.58. The molecule has 134 valence electrons. The van der Waals surface area contributed by atoms with Gasteiger partial charge in [-0.3, -0.25) is 9.59 Å². The molecule has 0 saturated carbocycles. The zero-order valence-electron chi connectivity index (χ0n) is 14.6. The highest BCUT2D eigenvalue weighted by molar-refractivity contribution is 5.77. The highest BCUT2D eigenvalue weighted by atomic mass is 16.5. The second kappa shape index (κ2) is 12.0. The molecule has 0 bridgehead atoms. The minimum Gasteiger partial charge on any atom is -0.380 e. The van der Waals surface area contributed by atoms with Crippen LogP contribution in [0.3, 0.4) is 0 Å². The predicted molar refractivity (Wildman–Crippen MR) is 87.0 cm³/mol. The van der Waals surface area contributed by atoms with E-state index in [1.807, 2.05) is 27.7 Å². The van der Waals surface area contributed by atoms with E-state index in [1.165, 1.54) is 0 Å². The first-order valence-electron chi connectivity index (χ1n) is 7.93. The quantitative estimate of drug-likeness (QED) is 0.379. The van der Waals surface area contributed by atoms with E-state index in [0.29, 0.717) is 39.0 Å². The van der Waals surface area contributed by atoms with E-state index in [4.69, 9.17) is 9.47 Å². The third kappa shape index (κ3) is 12.7. The van der Waals surface area contributed by atoms with Crippen molar-refractivity contribution in [3.8, 4) is 0 Å². The van der Waals surface area contributed by atoms with Gasteiger partial charge in [-0.25, -0.2) is 0 Å². The molecule has 0 aromatic rings. The average Bonchev–Trinajstić information content (AvgIpc) is 2.50. The molecular weight excluding hydrogens is 300 g/mol. The minimum absolute atomic E-state index is 0.0333. The summed E-state index contributed by atoms with van der Waals surface area (Å²) >= 11 is 0. The van der Waals surface area contributed by atoms with Gasteiger partial charge in [0.1, 0.15) is 19.5 Å². The van der Waals surface area contributed by atoms with Crippen LogP contribution in [0.1, 0.15) is 34.1 Å². The van der Waals surface area contributed by atoms with Gasteiger partial charge in [0.25, 0.3) is 0 Å². The molecular formula is C16H30N2O5. The zero-order chi connectivity index (χ0) is 17.7. The lowest BCUT2D eigenvalue weighted by Gasteiger charge is -2.25. The van der Waals surface area contributed by atoms with E-state index < -0.39 is 0 Å². The van der Waals surface area contributed by atoms with E-state index in [2.05, 4.69) is 10.6 Å². The fraction of sp³-hybridized carbons (Fsp3) is 0.812. The van der Waals surface area contributed by atoms with Crippen LogP contribution in [-0.4, -0.2) is 57.6 Å². The van der Waals surface area contributed by atoms with Crippen LogP contribution in [0, 0.1) is 11.3 Å². The molecule has 2 N–H and O–H groups in total. The standard InChI is InChI=1S/C16H30N2O5/c1-5-14(20)18-11-16(3,4)12-23-9-13(2)8-17-15(21)10-22-7-6-19/h6,13H,5,7-12H2,1-4H3,(H,17,21)(H,18,20). The fourth-order valence-electron chi connectivity index (χ4n) is 1.65. The number of rotatable bonds is 13. The van der Waals surface area contributed by atoms with E-state index in [9.17, 15) is 14.4 Å². The Kier molecular flexibility index (Phi) is 11.2. The van der Waals surface area contributed by atoms with Crippen LogP contribution < -0.4 is 10.6 Å². The number of ether oxygens (including phenoxy) is 2. The van der Waals surface area contributed by atoms with Crippen molar-refractivity contribution in [2.24, 2.45) is 11.3 Å². The molecule has 0 aliphatic heterocycles. The Bertz CT molecular complexity index is 371. The lowest BCUT2D eigenvalue weighted by atomic mass is 9.95. The van der Waals surface area contributed by atoms with Gasteiger partial charge in [0, 0.05) is 24.9 Å². The van der Waals surface area contributed by atoms with Crippen LogP contribution >= 0.6 is 0 Å². The molecule has 0 aliphatic carbocycles. The monoisotopic (exact) mass is 330 g/mol. The second-order valence-corrected chi connectivity index (χ2v) is 6.40. The van der Waals surface area contributed by atoms with Crippen LogP contribution in [0.2, 0.25) is 0 Å². The summed E-state index contributed by atoms with van der Waals surface area (Å²) < 4.78 is 10.5. The first kappa shape index (κ1) is 21.5. The number of carbonyl (C=O) groups is 3. The van der Waals surface area contributed by atoms with Crippen LogP contribution in [-0.2, 0) is 23.9 Å². The first-order valence-corrected chi connectivity index (χ1v) is 7.93. The lowest BCUT2D eigenvalue weighted by Crippen LogP contribution is -2.37. The van der Waals surface area contributed by atoms with E-state index in [1.54, 1.807) is 0 Å². The summed E-state index contributed by atoms with van der Waals surface area (Å²) in [7, 11) is 0. The maximum atomic E-state index is 11.4. The Labute approximate surface area is 138 Å². The summed E-state index contributed by atoms with van der Waals surface area (Å²) in [6.45, 7) is 9.75. The summed E-state index contributed by atoms with van der Waals surface area (Å²) in [4.78, 5) is 32.7. The lowest BCUT2D eigenvalue weighted by molar-refractivity contribution is -0.127. The Morgan fingerprint density at radius 1 is 1.17 bits per heavy atom. The highest BCUT2D eigenvalue weighted by Crippen LogP contribution is 2.14. The van der Waals surface area contributed by atoms with Crippen LogP contribution in [0.5, 0.6) is 0 Å². The van der Waals surface area contributed by atoms with Crippen LogP contribution in [0.4, 0.5) is 0 Å². The molecule has 0 saturated heterocycles. The fourth-order valence-corrected chi connectivity index (χ4v) is 1.65. The minimum atomic E-state index is -0.249. The summed E-state index contributed by atoms with van der Waals surface area (Å²) in [6.07, 6.45) is 1.08. The van der Waals surface area contributed by atoms with Crippen molar-refractivity contribution in [2.45, 2.75) is 34.1 Å². The Hall–Kier alpha value is -1.47. The predicted octanol–water partition coefficient (Wildman–Crippen LogP) is 0.523. The molecule has 0 aromatic carbocycles. The molecule has 0 rings (SSSR count). The van der Waals surface area contributed by atoms with Crippen molar-refractivity contribution in [3.05, 3.63) is 0 Å². The third-order valence-electron chi connectivity index (χ3n) is 3.05. The summed E-state index contributed by atoms with van der Waals surface area (Å²) in [5.41, 5.74) is -0.142. The van der Waals surface area contributed by atoms with Gasteiger partial charge in [-0.1, -0.05) is 27.7 Å². The highest BCUT2D eigenvalue weighted by Gasteiger charge is 2.19. The van der Waals surface area contributed by atoms with Gasteiger partial charge in [-0.2, -0.15) is 0 Å². The van der Waals surface area contributed by atoms with Gasteiger partial charge in [0.15, 0.2) is 0 Å². The molecule has 0 heterocycles. The maximum Gasteiger partial charge on any atom is 0.246 e. The summed E-state index contributed by atoms with van der Waals surface area (Å²) in [5.74, 6) is -0.0571. The molecule has 23 heavy (non-hydrogen) atoms. The van der Waals surface area contributed by atoms with Crippen LogP contribution in [0.15, 0.2) is 0 Å². The molecule has 0 radical (unpaired) electrons. The molecule has 2 amide bonds. The molecule has 0 aromatic heterocycles. The van der Waals surface area contributed by atoms with Gasteiger partial charge >= 0.3 is 0 Å². The number of nitrogens with one attached hydrogen (secondary N) is 2. The number of carbonyl (C=O) groups excluding carboxylic acids is 3. The first-order chi connectivity index (χ1) is 10.8. The van der Waals surface area contributed by atoms with Crippen molar-refractivity contribution in [1.29, 1.82) is 0 Å². The van der Waals surface area contributed by atoms with Gasteiger partial charge in [-0.15, -0.1) is 0 Å². The normalized spacial score (nSPS) is 12.5. The van der Waals surface area contributed by atoms with Gasteiger partial charge in [0.05, 0.1) is 13.2 Å². The van der Waals surface area contributed by atoms with Crippen molar-refractivity contribution in [2.75, 3.05) is 39.5 Å². The Morgan fingerprint density at radius 3 is 2.48 bits per heavy atom. The number of hydrogen-bond acceptors (Lipinski definition) is 5. The van der Waals surface area contributed by atoms with Crippen molar-refractivity contribution < 1.29 is 23.9 Å². The van der Waals surface area contributed by atoms with E-state index >= 15 is 0 Å². The molecule has 0 fully saturated rings. The maximum absolute atomic E-state index is 11.4. The van der Waals surface area contributed by atoms with E-state index in [0.717, 1.165) is 0 Å². The van der Waals surface area contributed by atoms with Gasteiger partial charge in [0.2, 0.25) is 11.8 Å². The molecule has 0 aliphatic rings. The zero-order valence-corrected chi connectivity index (χ0v) is 14.6. The number of amides is 2. The Balaban J connectivity index is 3.79. The SMILES string of the molecule is CCC(=O)NCC(C)(C)COCC(C)CNC(=O)COCC=O. The largest absolute Gasteiger partial charge is 0.380 e. The average molecular weight is 330 g/mol. The molecule has 1 unspecified atom stereocenters. The second-order valence-electron chi connectivity index (χ2n) is 6.40. The van der Waals surface area contributed by atoms with Gasteiger partial charge < -0.3 is 24.9 Å².